The molecule has 0 aliphatic heterocycles. The summed E-state index contributed by atoms with van der Waals surface area (Å²) in [5.41, 5.74) is 3.26. The van der Waals surface area contributed by atoms with Gasteiger partial charge in [0.15, 0.2) is 11.6 Å². The molecule has 0 fully saturated rings. The summed E-state index contributed by atoms with van der Waals surface area (Å²) >= 11 is 0. The molecule has 2 atom stereocenters. The number of hydrogen-bond acceptors (Lipinski definition) is 4. The number of aliphatic carboxylic acids is 1. The van der Waals surface area contributed by atoms with Crippen molar-refractivity contribution in [1.82, 2.24) is 9.97 Å². The molecular formula is C30H24FN3O2. The summed E-state index contributed by atoms with van der Waals surface area (Å²) in [6.45, 7) is 0. The lowest BCUT2D eigenvalue weighted by Crippen LogP contribution is -2.31. The van der Waals surface area contributed by atoms with Crippen LogP contribution in [-0.4, -0.2) is 32.8 Å². The number of nitrogens with zero attached hydrogens (tertiary/aromatic N) is 3. The summed E-state index contributed by atoms with van der Waals surface area (Å²) in [7, 11) is 0. The normalized spacial score (nSPS) is 18.6. The molecule has 0 radical (unpaired) electrons. The van der Waals surface area contributed by atoms with Crippen molar-refractivity contribution >= 4 is 11.7 Å². The quantitative estimate of drug-likeness (QED) is 0.271. The van der Waals surface area contributed by atoms with Gasteiger partial charge >= 0.3 is 5.97 Å². The summed E-state index contributed by atoms with van der Waals surface area (Å²) in [5.74, 6) is -1.00. The van der Waals surface area contributed by atoms with Crippen LogP contribution in [0.4, 0.5) is 4.39 Å². The minimum absolute atomic E-state index is 0.278. The molecule has 178 valence electrons. The van der Waals surface area contributed by atoms with Gasteiger partial charge in [-0.2, -0.15) is 0 Å². The Morgan fingerprint density at radius 3 is 2.19 bits per heavy atom. The van der Waals surface area contributed by atoms with Gasteiger partial charge in [0.05, 0.1) is 29.6 Å². The average molecular weight is 478 g/mol. The molecule has 0 spiro atoms. The number of aromatic nitrogens is 2. The van der Waals surface area contributed by atoms with Crippen LogP contribution in [0.5, 0.6) is 0 Å². The van der Waals surface area contributed by atoms with Gasteiger partial charge in [0.2, 0.25) is 0 Å². The second kappa shape index (κ2) is 10.0. The summed E-state index contributed by atoms with van der Waals surface area (Å²) in [5, 5.41) is 10.3. The molecule has 0 unspecified atom stereocenters. The molecule has 0 amide bonds. The third-order valence-electron chi connectivity index (χ3n) is 6.35. The number of aliphatic imine (C=N–C) groups is 1. The SMILES string of the molecule is O=C(O)[C@@]1(Cc2cccc(-c3ncc(F)cn3)c2)C=C[C@H](N=C(c2ccccc2)c2ccccc2)C1. The lowest BCUT2D eigenvalue weighted by molar-refractivity contribution is -0.146. The first-order valence-electron chi connectivity index (χ1n) is 11.7. The molecule has 4 aromatic rings. The summed E-state index contributed by atoms with van der Waals surface area (Å²) in [6, 6.07) is 27.0. The van der Waals surface area contributed by atoms with Crippen LogP contribution >= 0.6 is 0 Å². The predicted molar refractivity (Wildman–Crippen MR) is 137 cm³/mol. The zero-order chi connectivity index (χ0) is 25.0. The van der Waals surface area contributed by atoms with Gasteiger partial charge in [-0.3, -0.25) is 9.79 Å². The maximum absolute atomic E-state index is 13.2. The highest BCUT2D eigenvalue weighted by Crippen LogP contribution is 2.38. The number of carbonyl (C=O) groups is 1. The third-order valence-corrected chi connectivity index (χ3v) is 6.35. The molecule has 1 aromatic heterocycles. The van der Waals surface area contributed by atoms with E-state index in [1.54, 1.807) is 6.08 Å². The van der Waals surface area contributed by atoms with Crippen molar-refractivity contribution in [2.45, 2.75) is 18.9 Å². The summed E-state index contributed by atoms with van der Waals surface area (Å²) in [4.78, 5) is 25.6. The molecule has 36 heavy (non-hydrogen) atoms. The number of carboxylic acids is 1. The molecule has 6 heteroatoms. The van der Waals surface area contributed by atoms with E-state index in [1.807, 2.05) is 91.0 Å². The Morgan fingerprint density at radius 2 is 1.58 bits per heavy atom. The average Bonchev–Trinajstić information content (AvgIpc) is 3.33. The molecule has 1 N–H and O–H groups in total. The van der Waals surface area contributed by atoms with Gasteiger partial charge in [0.25, 0.3) is 0 Å². The van der Waals surface area contributed by atoms with Gasteiger partial charge < -0.3 is 5.11 Å². The number of halogens is 1. The van der Waals surface area contributed by atoms with Crippen molar-refractivity contribution in [1.29, 1.82) is 0 Å². The first-order valence-corrected chi connectivity index (χ1v) is 11.7. The van der Waals surface area contributed by atoms with Gasteiger partial charge in [0, 0.05) is 16.7 Å². The first kappa shape index (κ1) is 23.3. The molecular weight excluding hydrogens is 453 g/mol. The Kier molecular flexibility index (Phi) is 6.50. The monoisotopic (exact) mass is 477 g/mol. The van der Waals surface area contributed by atoms with Crippen molar-refractivity contribution in [2.24, 2.45) is 10.4 Å². The van der Waals surface area contributed by atoms with Crippen LogP contribution in [0.3, 0.4) is 0 Å². The third kappa shape index (κ3) is 4.98. The van der Waals surface area contributed by atoms with E-state index < -0.39 is 17.2 Å². The van der Waals surface area contributed by atoms with E-state index in [1.165, 1.54) is 0 Å². The Labute approximate surface area is 208 Å². The van der Waals surface area contributed by atoms with Crippen molar-refractivity contribution < 1.29 is 14.3 Å². The van der Waals surface area contributed by atoms with Crippen molar-refractivity contribution in [3.63, 3.8) is 0 Å². The van der Waals surface area contributed by atoms with E-state index in [0.29, 0.717) is 24.2 Å². The number of carboxylic acid groups (broad SMARTS) is 1. The van der Waals surface area contributed by atoms with E-state index in [9.17, 15) is 14.3 Å². The fourth-order valence-electron chi connectivity index (χ4n) is 4.58. The molecule has 0 saturated heterocycles. The van der Waals surface area contributed by atoms with E-state index in [2.05, 4.69) is 9.97 Å². The Bertz CT molecular complexity index is 1380. The van der Waals surface area contributed by atoms with Crippen LogP contribution in [0.15, 0.2) is 114 Å². The smallest absolute Gasteiger partial charge is 0.313 e. The molecule has 1 aliphatic rings. The van der Waals surface area contributed by atoms with Gasteiger partial charge in [-0.25, -0.2) is 14.4 Å². The van der Waals surface area contributed by atoms with Crippen molar-refractivity contribution in [2.75, 3.05) is 0 Å². The van der Waals surface area contributed by atoms with Crippen LogP contribution in [0.1, 0.15) is 23.1 Å². The maximum atomic E-state index is 13.2. The number of rotatable bonds is 7. The van der Waals surface area contributed by atoms with Crippen molar-refractivity contribution in [3.8, 4) is 11.4 Å². The highest BCUT2D eigenvalue weighted by molar-refractivity contribution is 6.13. The Balaban J connectivity index is 1.43. The molecule has 5 rings (SSSR count). The number of benzene rings is 3. The van der Waals surface area contributed by atoms with E-state index in [0.717, 1.165) is 34.8 Å². The minimum Gasteiger partial charge on any atom is -0.481 e. The highest BCUT2D eigenvalue weighted by Gasteiger charge is 2.42. The van der Waals surface area contributed by atoms with Gasteiger partial charge in [-0.1, -0.05) is 91.0 Å². The van der Waals surface area contributed by atoms with E-state index >= 15 is 0 Å². The van der Waals surface area contributed by atoms with E-state index in [-0.39, 0.29) is 6.04 Å². The van der Waals surface area contributed by atoms with E-state index in [4.69, 9.17) is 4.99 Å². The van der Waals surface area contributed by atoms with Gasteiger partial charge in [-0.05, 0) is 24.5 Å². The molecule has 1 aliphatic carbocycles. The fourth-order valence-corrected chi connectivity index (χ4v) is 4.58. The van der Waals surface area contributed by atoms with Crippen LogP contribution < -0.4 is 0 Å². The maximum Gasteiger partial charge on any atom is 0.313 e. The lowest BCUT2D eigenvalue weighted by Gasteiger charge is -2.24. The van der Waals surface area contributed by atoms with Gasteiger partial charge in [-0.15, -0.1) is 0 Å². The van der Waals surface area contributed by atoms with Crippen LogP contribution in [-0.2, 0) is 11.2 Å². The standard InChI is InChI=1S/C30H24FN3O2/c31-25-19-32-28(33-20-25)24-13-7-8-21(16-24)17-30(29(35)36)15-14-26(18-30)34-27(22-9-3-1-4-10-22)23-11-5-2-6-12-23/h1-16,19-20,26H,17-18H2,(H,35,36)/t26-,30+/m0/s1. The molecule has 1 heterocycles. The van der Waals surface area contributed by atoms with Crippen LogP contribution in [0, 0.1) is 11.2 Å². The molecule has 0 saturated carbocycles. The second-order valence-corrected chi connectivity index (χ2v) is 8.90. The number of hydrogen-bond donors (Lipinski definition) is 1. The van der Waals surface area contributed by atoms with Crippen LogP contribution in [0.2, 0.25) is 0 Å². The minimum atomic E-state index is -1.09. The Morgan fingerprint density at radius 1 is 0.944 bits per heavy atom. The summed E-state index contributed by atoms with van der Waals surface area (Å²) in [6.07, 6.45) is 6.56. The Hall–Kier alpha value is -4.45. The van der Waals surface area contributed by atoms with Crippen molar-refractivity contribution in [3.05, 3.63) is 132 Å². The zero-order valence-electron chi connectivity index (χ0n) is 19.5. The summed E-state index contributed by atoms with van der Waals surface area (Å²) < 4.78 is 13.2. The molecule has 0 bridgehead atoms. The lowest BCUT2D eigenvalue weighted by atomic mass is 9.80. The highest BCUT2D eigenvalue weighted by atomic mass is 19.1. The fraction of sp³-hybridized carbons (Fsp3) is 0.133. The largest absolute Gasteiger partial charge is 0.481 e. The second-order valence-electron chi connectivity index (χ2n) is 8.90. The van der Waals surface area contributed by atoms with Gasteiger partial charge in [0.1, 0.15) is 0 Å². The topological polar surface area (TPSA) is 75.4 Å². The first-order chi connectivity index (χ1) is 17.5. The zero-order valence-corrected chi connectivity index (χ0v) is 19.5. The molecule has 5 nitrogen and oxygen atoms in total. The van der Waals surface area contributed by atoms with Crippen LogP contribution in [0.25, 0.3) is 11.4 Å². The predicted octanol–water partition coefficient (Wildman–Crippen LogP) is 5.76. The molecule has 3 aromatic carbocycles.